The van der Waals surface area contributed by atoms with Gasteiger partial charge in [-0.05, 0) is 31.2 Å². The number of hydrogen-bond acceptors (Lipinski definition) is 5. The van der Waals surface area contributed by atoms with Gasteiger partial charge in [-0.25, -0.2) is 9.07 Å². The lowest BCUT2D eigenvalue weighted by Crippen LogP contribution is -2.47. The fraction of sp³-hybridized carbons (Fsp3) is 0.346. The van der Waals surface area contributed by atoms with Crippen LogP contribution in [0, 0.1) is 5.82 Å². The number of carbonyl (C=O) groups excluding carboxylic acids is 1. The summed E-state index contributed by atoms with van der Waals surface area (Å²) in [7, 11) is 1.61. The molecule has 5 rings (SSSR count). The quantitative estimate of drug-likeness (QED) is 0.415. The van der Waals surface area contributed by atoms with Crippen LogP contribution < -0.4 is 15.8 Å². The molecule has 0 bridgehead atoms. The van der Waals surface area contributed by atoms with E-state index in [1.807, 2.05) is 36.4 Å². The number of piperazine rings is 1. The van der Waals surface area contributed by atoms with Gasteiger partial charge in [0.05, 0.1) is 11.9 Å². The number of aryl methyl sites for hydroxylation is 1. The molecule has 1 saturated heterocycles. The number of fused-ring (bicyclic) bond motifs is 3. The van der Waals surface area contributed by atoms with E-state index in [0.717, 1.165) is 55.4 Å². The highest BCUT2D eigenvalue weighted by molar-refractivity contribution is 6.07. The maximum atomic E-state index is 14.0. The lowest BCUT2D eigenvalue weighted by molar-refractivity contribution is -0.121. The summed E-state index contributed by atoms with van der Waals surface area (Å²) in [5.41, 5.74) is 1.78. The largest absolute Gasteiger partial charge is 0.367 e. The molecule has 0 spiro atoms. The van der Waals surface area contributed by atoms with Gasteiger partial charge in [-0.15, -0.1) is 0 Å². The van der Waals surface area contributed by atoms with Crippen LogP contribution in [0.3, 0.4) is 0 Å². The Morgan fingerprint density at radius 3 is 2.57 bits per heavy atom. The molecule has 4 aromatic rings. The Balaban J connectivity index is 1.15. The minimum Gasteiger partial charge on any atom is -0.367 e. The highest BCUT2D eigenvalue weighted by Gasteiger charge is 2.19. The van der Waals surface area contributed by atoms with Crippen molar-refractivity contribution in [1.82, 2.24) is 24.6 Å². The Hall–Kier alpha value is -3.72. The molecule has 0 atom stereocenters. The number of amides is 1. The SMILES string of the molecule is Cn1ncc2c3ccccc3n(CC(=O)NCCCN3CCN(c4ccccc4F)CC3)c2c1=O. The van der Waals surface area contributed by atoms with Crippen molar-refractivity contribution >= 4 is 33.4 Å². The topological polar surface area (TPSA) is 75.4 Å². The number of hydrogen-bond donors (Lipinski definition) is 1. The molecule has 0 aliphatic carbocycles. The molecule has 8 nitrogen and oxygen atoms in total. The van der Waals surface area contributed by atoms with Crippen molar-refractivity contribution in [3.63, 3.8) is 0 Å². The second-order valence-electron chi connectivity index (χ2n) is 8.92. The zero-order valence-electron chi connectivity index (χ0n) is 19.8. The summed E-state index contributed by atoms with van der Waals surface area (Å²) in [6.07, 6.45) is 2.50. The maximum absolute atomic E-state index is 14.0. The number of benzene rings is 2. The standard InChI is InChI=1S/C26H29FN6O2/c1-30-26(35)25-20(17-29-30)19-7-2-4-9-22(19)33(25)18-24(34)28-11-6-12-31-13-15-32(16-14-31)23-10-5-3-8-21(23)27/h2-5,7-10,17H,6,11-16,18H2,1H3,(H,28,34). The smallest absolute Gasteiger partial charge is 0.291 e. The van der Waals surface area contributed by atoms with E-state index >= 15 is 0 Å². The Morgan fingerprint density at radius 1 is 1.03 bits per heavy atom. The summed E-state index contributed by atoms with van der Waals surface area (Å²) < 4.78 is 17.1. The average molecular weight is 477 g/mol. The molecular formula is C26H29FN6O2. The first-order chi connectivity index (χ1) is 17.0. The number of nitrogens with one attached hydrogen (secondary N) is 1. The van der Waals surface area contributed by atoms with Gasteiger partial charge in [-0.1, -0.05) is 30.3 Å². The van der Waals surface area contributed by atoms with Gasteiger partial charge >= 0.3 is 0 Å². The van der Waals surface area contributed by atoms with Crippen molar-refractivity contribution in [2.75, 3.05) is 44.2 Å². The number of rotatable bonds is 7. The van der Waals surface area contributed by atoms with Crippen LogP contribution in [0.1, 0.15) is 6.42 Å². The number of anilines is 1. The third-order valence-electron chi connectivity index (χ3n) is 6.71. The molecule has 0 unspecified atom stereocenters. The van der Waals surface area contributed by atoms with Crippen molar-refractivity contribution in [3.8, 4) is 0 Å². The first-order valence-electron chi connectivity index (χ1n) is 11.9. The summed E-state index contributed by atoms with van der Waals surface area (Å²) >= 11 is 0. The summed E-state index contributed by atoms with van der Waals surface area (Å²) in [5, 5.41) is 8.81. The van der Waals surface area contributed by atoms with Crippen molar-refractivity contribution in [3.05, 3.63) is 70.9 Å². The minimum atomic E-state index is -0.221. The minimum absolute atomic E-state index is 0.0740. The molecule has 1 amide bonds. The van der Waals surface area contributed by atoms with E-state index in [9.17, 15) is 14.0 Å². The predicted molar refractivity (Wildman–Crippen MR) is 135 cm³/mol. The average Bonchev–Trinajstić information content (AvgIpc) is 3.19. The molecule has 2 aromatic heterocycles. The van der Waals surface area contributed by atoms with Crippen molar-refractivity contribution < 1.29 is 9.18 Å². The molecular weight excluding hydrogens is 447 g/mol. The zero-order chi connectivity index (χ0) is 24.4. The summed E-state index contributed by atoms with van der Waals surface area (Å²) in [4.78, 5) is 30.0. The van der Waals surface area contributed by atoms with Crippen LogP contribution in [0.15, 0.2) is 59.5 Å². The van der Waals surface area contributed by atoms with Gasteiger partial charge < -0.3 is 14.8 Å². The van der Waals surface area contributed by atoms with Crippen LogP contribution in [-0.4, -0.2) is 64.4 Å². The van der Waals surface area contributed by atoms with E-state index in [2.05, 4.69) is 20.2 Å². The second-order valence-corrected chi connectivity index (χ2v) is 8.92. The van der Waals surface area contributed by atoms with E-state index in [1.165, 1.54) is 10.7 Å². The molecule has 9 heteroatoms. The molecule has 1 N–H and O–H groups in total. The van der Waals surface area contributed by atoms with Crippen LogP contribution in [0.4, 0.5) is 10.1 Å². The molecule has 3 heterocycles. The third kappa shape index (κ3) is 4.64. The Bertz CT molecular complexity index is 1420. The van der Waals surface area contributed by atoms with Crippen molar-refractivity contribution in [1.29, 1.82) is 0 Å². The van der Waals surface area contributed by atoms with Crippen LogP contribution in [-0.2, 0) is 18.4 Å². The lowest BCUT2D eigenvalue weighted by atomic mass is 10.2. The normalized spacial score (nSPS) is 14.6. The molecule has 0 radical (unpaired) electrons. The van der Waals surface area contributed by atoms with Gasteiger partial charge in [-0.3, -0.25) is 14.5 Å². The molecule has 182 valence electrons. The van der Waals surface area contributed by atoms with Crippen LogP contribution in [0.5, 0.6) is 0 Å². The van der Waals surface area contributed by atoms with Crippen molar-refractivity contribution in [2.45, 2.75) is 13.0 Å². The Labute approximate surface area is 202 Å². The zero-order valence-corrected chi connectivity index (χ0v) is 19.8. The molecule has 35 heavy (non-hydrogen) atoms. The predicted octanol–water partition coefficient (Wildman–Crippen LogP) is 2.36. The molecule has 2 aromatic carbocycles. The fourth-order valence-electron chi connectivity index (χ4n) is 4.86. The highest BCUT2D eigenvalue weighted by Crippen LogP contribution is 2.26. The maximum Gasteiger partial charge on any atom is 0.291 e. The van der Waals surface area contributed by atoms with Gasteiger partial charge in [0.2, 0.25) is 5.91 Å². The van der Waals surface area contributed by atoms with Gasteiger partial charge in [0, 0.05) is 56.1 Å². The van der Waals surface area contributed by atoms with Crippen LogP contribution in [0.2, 0.25) is 0 Å². The monoisotopic (exact) mass is 476 g/mol. The first kappa shape index (κ1) is 23.0. The molecule has 0 saturated carbocycles. The summed E-state index contributed by atoms with van der Waals surface area (Å²) in [6, 6.07) is 14.6. The van der Waals surface area contributed by atoms with Crippen LogP contribution in [0.25, 0.3) is 21.8 Å². The fourth-order valence-corrected chi connectivity index (χ4v) is 4.86. The summed E-state index contributed by atoms with van der Waals surface area (Å²) in [6.45, 7) is 4.79. The van der Waals surface area contributed by atoms with Gasteiger partial charge in [-0.2, -0.15) is 5.10 Å². The van der Waals surface area contributed by atoms with Crippen molar-refractivity contribution in [2.24, 2.45) is 7.05 Å². The highest BCUT2D eigenvalue weighted by atomic mass is 19.1. The third-order valence-corrected chi connectivity index (χ3v) is 6.71. The molecule has 1 aliphatic rings. The summed E-state index contributed by atoms with van der Waals surface area (Å²) in [5.74, 6) is -0.308. The van der Waals surface area contributed by atoms with E-state index in [4.69, 9.17) is 0 Å². The van der Waals surface area contributed by atoms with E-state index in [-0.39, 0.29) is 23.8 Å². The van der Waals surface area contributed by atoms with E-state index in [0.29, 0.717) is 17.7 Å². The van der Waals surface area contributed by atoms with Gasteiger partial charge in [0.15, 0.2) is 0 Å². The lowest BCUT2D eigenvalue weighted by Gasteiger charge is -2.36. The number of aromatic nitrogens is 3. The Kier molecular flexibility index (Phi) is 6.50. The van der Waals surface area contributed by atoms with Gasteiger partial charge in [0.25, 0.3) is 5.56 Å². The number of para-hydroxylation sites is 2. The molecule has 1 aliphatic heterocycles. The Morgan fingerprint density at radius 2 is 1.77 bits per heavy atom. The van der Waals surface area contributed by atoms with Crippen LogP contribution >= 0.6 is 0 Å². The molecule has 1 fully saturated rings. The number of nitrogens with zero attached hydrogens (tertiary/aromatic N) is 5. The second kappa shape index (κ2) is 9.87. The number of carbonyl (C=O) groups is 1. The first-order valence-corrected chi connectivity index (χ1v) is 11.9. The number of halogens is 1. The van der Waals surface area contributed by atoms with E-state index in [1.54, 1.807) is 23.9 Å². The van der Waals surface area contributed by atoms with E-state index < -0.39 is 0 Å². The van der Waals surface area contributed by atoms with Gasteiger partial charge in [0.1, 0.15) is 17.9 Å².